The number of amides is 2. The summed E-state index contributed by atoms with van der Waals surface area (Å²) in [6.45, 7) is 4.77. The third kappa shape index (κ3) is 3.00. The zero-order valence-electron chi connectivity index (χ0n) is 10.8. The van der Waals surface area contributed by atoms with Gasteiger partial charge in [-0.05, 0) is 19.8 Å². The molecule has 2 aliphatic heterocycles. The first-order valence-electron chi connectivity index (χ1n) is 6.42. The molecule has 1 unspecified atom stereocenters. The minimum atomic E-state index is -0.316. The predicted octanol–water partition coefficient (Wildman–Crippen LogP) is -0.911. The fraction of sp³-hybridized carbons (Fsp3) is 0.833. The number of carbonyl (C=O) groups excluding carboxylic acids is 2. The first-order chi connectivity index (χ1) is 8.50. The van der Waals surface area contributed by atoms with Crippen molar-refractivity contribution in [2.45, 2.75) is 25.4 Å². The molecule has 6 heteroatoms. The van der Waals surface area contributed by atoms with E-state index >= 15 is 0 Å². The van der Waals surface area contributed by atoms with Crippen molar-refractivity contribution < 1.29 is 14.3 Å². The lowest BCUT2D eigenvalue weighted by Gasteiger charge is -2.39. The Morgan fingerprint density at radius 2 is 2.22 bits per heavy atom. The summed E-state index contributed by atoms with van der Waals surface area (Å²) in [5.41, 5.74) is 5.07. The average molecular weight is 255 g/mol. The highest BCUT2D eigenvalue weighted by molar-refractivity contribution is 5.80. The Balaban J connectivity index is 1.79. The highest BCUT2D eigenvalue weighted by Crippen LogP contribution is 2.18. The Labute approximate surface area is 107 Å². The van der Waals surface area contributed by atoms with Gasteiger partial charge in [0.2, 0.25) is 11.8 Å². The van der Waals surface area contributed by atoms with E-state index in [1.54, 1.807) is 4.90 Å². The number of primary amides is 1. The van der Waals surface area contributed by atoms with Crippen LogP contribution in [0.2, 0.25) is 0 Å². The van der Waals surface area contributed by atoms with E-state index in [4.69, 9.17) is 10.5 Å². The summed E-state index contributed by atoms with van der Waals surface area (Å²) in [7, 11) is 0. The van der Waals surface area contributed by atoms with Crippen molar-refractivity contribution in [1.82, 2.24) is 10.2 Å². The molecule has 2 fully saturated rings. The molecule has 2 heterocycles. The van der Waals surface area contributed by atoms with Crippen molar-refractivity contribution in [3.05, 3.63) is 0 Å². The highest BCUT2D eigenvalue weighted by atomic mass is 16.5. The predicted molar refractivity (Wildman–Crippen MR) is 65.7 cm³/mol. The molecule has 0 spiro atoms. The van der Waals surface area contributed by atoms with Crippen molar-refractivity contribution >= 4 is 11.8 Å². The molecule has 18 heavy (non-hydrogen) atoms. The van der Waals surface area contributed by atoms with Crippen LogP contribution in [0.5, 0.6) is 0 Å². The third-order valence-corrected chi connectivity index (χ3v) is 3.72. The molecule has 3 N–H and O–H groups in total. The van der Waals surface area contributed by atoms with E-state index in [9.17, 15) is 9.59 Å². The van der Waals surface area contributed by atoms with Crippen molar-refractivity contribution in [3.63, 3.8) is 0 Å². The van der Waals surface area contributed by atoms with Crippen molar-refractivity contribution in [3.8, 4) is 0 Å². The Bertz CT molecular complexity index is 341. The molecule has 0 aromatic carbocycles. The normalized spacial score (nSPS) is 26.5. The largest absolute Gasteiger partial charge is 0.369 e. The van der Waals surface area contributed by atoms with Gasteiger partial charge in [-0.1, -0.05) is 0 Å². The smallest absolute Gasteiger partial charge is 0.248 e. The molecule has 2 rings (SSSR count). The number of nitrogens with zero attached hydrogens (tertiary/aromatic N) is 1. The topological polar surface area (TPSA) is 84.7 Å². The van der Waals surface area contributed by atoms with E-state index < -0.39 is 0 Å². The number of likely N-dealkylation sites (tertiary alicyclic amines) is 1. The molecule has 1 atom stereocenters. The molecule has 2 aliphatic rings. The second kappa shape index (κ2) is 5.24. The molecule has 0 radical (unpaired) electrons. The Morgan fingerprint density at radius 1 is 1.50 bits per heavy atom. The molecular formula is C12H21N3O3. The van der Waals surface area contributed by atoms with Gasteiger partial charge >= 0.3 is 0 Å². The van der Waals surface area contributed by atoms with Gasteiger partial charge < -0.3 is 20.7 Å². The monoisotopic (exact) mass is 255 g/mol. The van der Waals surface area contributed by atoms with E-state index in [2.05, 4.69) is 5.32 Å². The standard InChI is InChI=1S/C12H21N3O3/c1-12(7-14-8-12)18-6-10(16)15-4-2-3-9(5-15)11(13)17/h9,14H,2-8H2,1H3,(H2,13,17). The lowest BCUT2D eigenvalue weighted by atomic mass is 9.97. The van der Waals surface area contributed by atoms with E-state index in [0.717, 1.165) is 25.9 Å². The number of nitrogens with one attached hydrogen (secondary N) is 1. The van der Waals surface area contributed by atoms with Gasteiger partial charge in [0.1, 0.15) is 6.61 Å². The summed E-state index contributed by atoms with van der Waals surface area (Å²) in [4.78, 5) is 24.8. The highest BCUT2D eigenvalue weighted by Gasteiger charge is 2.34. The first-order valence-corrected chi connectivity index (χ1v) is 6.42. The van der Waals surface area contributed by atoms with Gasteiger partial charge in [-0.3, -0.25) is 9.59 Å². The van der Waals surface area contributed by atoms with Crippen molar-refractivity contribution in [2.75, 3.05) is 32.8 Å². The number of ether oxygens (including phenoxy) is 1. The summed E-state index contributed by atoms with van der Waals surface area (Å²) in [5, 5.41) is 3.12. The Morgan fingerprint density at radius 3 is 2.78 bits per heavy atom. The van der Waals surface area contributed by atoms with Crippen LogP contribution in [0.1, 0.15) is 19.8 Å². The second-order valence-electron chi connectivity index (χ2n) is 5.42. The number of piperidine rings is 1. The fourth-order valence-corrected chi connectivity index (χ4v) is 2.34. The summed E-state index contributed by atoms with van der Waals surface area (Å²) in [5.74, 6) is -0.568. The van der Waals surface area contributed by atoms with Gasteiger partial charge in [-0.2, -0.15) is 0 Å². The zero-order chi connectivity index (χ0) is 13.2. The molecule has 0 aromatic heterocycles. The maximum Gasteiger partial charge on any atom is 0.248 e. The summed E-state index contributed by atoms with van der Waals surface area (Å²) in [6.07, 6.45) is 1.61. The lowest BCUT2D eigenvalue weighted by molar-refractivity contribution is -0.148. The zero-order valence-corrected chi connectivity index (χ0v) is 10.8. The maximum absolute atomic E-state index is 12.0. The quantitative estimate of drug-likeness (QED) is 0.681. The van der Waals surface area contributed by atoms with Crippen LogP contribution < -0.4 is 11.1 Å². The second-order valence-corrected chi connectivity index (χ2v) is 5.42. The molecule has 2 amide bonds. The maximum atomic E-state index is 12.0. The van der Waals surface area contributed by atoms with Crippen LogP contribution in [-0.4, -0.2) is 55.1 Å². The number of carbonyl (C=O) groups is 2. The van der Waals surface area contributed by atoms with E-state index in [0.29, 0.717) is 13.1 Å². The lowest BCUT2D eigenvalue weighted by Crippen LogP contribution is -2.60. The molecule has 0 saturated carbocycles. The van der Waals surface area contributed by atoms with Gasteiger partial charge in [0.25, 0.3) is 0 Å². The molecule has 6 nitrogen and oxygen atoms in total. The minimum Gasteiger partial charge on any atom is -0.369 e. The molecule has 0 aliphatic carbocycles. The van der Waals surface area contributed by atoms with E-state index in [1.807, 2.05) is 6.92 Å². The third-order valence-electron chi connectivity index (χ3n) is 3.72. The SMILES string of the molecule is CC1(OCC(=O)N2CCCC(C(N)=O)C2)CNC1. The molecular weight excluding hydrogens is 234 g/mol. The number of nitrogens with two attached hydrogens (primary N) is 1. The molecule has 2 saturated heterocycles. The van der Waals surface area contributed by atoms with Crippen LogP contribution in [0.3, 0.4) is 0 Å². The van der Waals surface area contributed by atoms with Gasteiger partial charge in [-0.15, -0.1) is 0 Å². The fourth-order valence-electron chi connectivity index (χ4n) is 2.34. The van der Waals surface area contributed by atoms with Crippen LogP contribution in [-0.2, 0) is 14.3 Å². The van der Waals surface area contributed by atoms with E-state index in [1.165, 1.54) is 0 Å². The summed E-state index contributed by atoms with van der Waals surface area (Å²) < 4.78 is 5.61. The van der Waals surface area contributed by atoms with Crippen LogP contribution >= 0.6 is 0 Å². The minimum absolute atomic E-state index is 0.0472. The average Bonchev–Trinajstić information content (AvgIpc) is 2.33. The van der Waals surface area contributed by atoms with Crippen LogP contribution in [0.4, 0.5) is 0 Å². The van der Waals surface area contributed by atoms with Gasteiger partial charge in [0, 0.05) is 26.2 Å². The number of rotatable bonds is 4. The van der Waals surface area contributed by atoms with Crippen LogP contribution in [0.15, 0.2) is 0 Å². The first kappa shape index (κ1) is 13.3. The van der Waals surface area contributed by atoms with Gasteiger partial charge in [-0.25, -0.2) is 0 Å². The Hall–Kier alpha value is -1.14. The summed E-state index contributed by atoms with van der Waals surface area (Å²) >= 11 is 0. The Kier molecular flexibility index (Phi) is 3.87. The van der Waals surface area contributed by atoms with E-state index in [-0.39, 0.29) is 29.9 Å². The summed E-state index contributed by atoms with van der Waals surface area (Å²) in [6, 6.07) is 0. The number of hydrogen-bond donors (Lipinski definition) is 2. The molecule has 0 bridgehead atoms. The van der Waals surface area contributed by atoms with Crippen LogP contribution in [0, 0.1) is 5.92 Å². The van der Waals surface area contributed by atoms with Crippen molar-refractivity contribution in [1.29, 1.82) is 0 Å². The van der Waals surface area contributed by atoms with Gasteiger partial charge in [0.05, 0.1) is 11.5 Å². The molecule has 0 aromatic rings. The number of hydrogen-bond acceptors (Lipinski definition) is 4. The van der Waals surface area contributed by atoms with Crippen molar-refractivity contribution in [2.24, 2.45) is 11.7 Å². The van der Waals surface area contributed by atoms with Gasteiger partial charge in [0.15, 0.2) is 0 Å². The van der Waals surface area contributed by atoms with Crippen LogP contribution in [0.25, 0.3) is 0 Å². The molecule has 102 valence electrons.